The Morgan fingerprint density at radius 3 is 2.46 bits per heavy atom. The number of alkyl halides is 3. The van der Waals surface area contributed by atoms with Gasteiger partial charge in [0.05, 0.1) is 26.6 Å². The van der Waals surface area contributed by atoms with E-state index in [2.05, 4.69) is 5.10 Å². The number of ketones is 1. The second kappa shape index (κ2) is 8.79. The molecule has 0 amide bonds. The Kier molecular flexibility index (Phi) is 6.12. The molecule has 1 aromatic heterocycles. The molecule has 12 heteroatoms. The lowest BCUT2D eigenvalue weighted by molar-refractivity contribution is -0.137. The molecule has 0 spiro atoms. The number of carbonyl (C=O) groups excluding carboxylic acids is 1. The molecule has 35 heavy (non-hydrogen) atoms. The summed E-state index contributed by atoms with van der Waals surface area (Å²) in [5.74, 6) is -1.51. The van der Waals surface area contributed by atoms with Crippen molar-refractivity contribution in [3.8, 4) is 6.07 Å². The molecule has 0 aliphatic rings. The van der Waals surface area contributed by atoms with Crippen LogP contribution in [0.2, 0.25) is 5.02 Å². The fraction of sp³-hybridized carbons (Fsp3) is 0.0870. The predicted molar refractivity (Wildman–Crippen MR) is 118 cm³/mol. The van der Waals surface area contributed by atoms with Crippen LogP contribution in [-0.4, -0.2) is 23.4 Å². The molecule has 1 heterocycles. The number of aromatic nitrogens is 2. The van der Waals surface area contributed by atoms with Crippen molar-refractivity contribution in [2.45, 2.75) is 17.5 Å². The Morgan fingerprint density at radius 1 is 1.09 bits per heavy atom. The van der Waals surface area contributed by atoms with Gasteiger partial charge in [-0.2, -0.15) is 30.9 Å². The molecule has 0 radical (unpaired) electrons. The molecule has 0 unspecified atom stereocenters. The fourth-order valence-electron chi connectivity index (χ4n) is 3.48. The first kappa shape index (κ1) is 24.4. The molecule has 0 aliphatic heterocycles. The summed E-state index contributed by atoms with van der Waals surface area (Å²) >= 11 is 5.94. The molecule has 0 N–H and O–H groups in total. The molecule has 0 saturated heterocycles. The molecule has 0 bridgehead atoms. The van der Waals surface area contributed by atoms with Crippen molar-refractivity contribution in [3.05, 3.63) is 93.9 Å². The second-order valence-corrected chi connectivity index (χ2v) is 9.56. The second-order valence-electron chi connectivity index (χ2n) is 7.38. The van der Waals surface area contributed by atoms with Crippen LogP contribution in [0.1, 0.15) is 27.2 Å². The van der Waals surface area contributed by atoms with Gasteiger partial charge < -0.3 is 0 Å². The molecule has 0 aliphatic carbocycles. The monoisotopic (exact) mass is 521 g/mol. The average molecular weight is 522 g/mol. The minimum absolute atomic E-state index is 0.0972. The van der Waals surface area contributed by atoms with E-state index in [1.54, 1.807) is 6.07 Å². The van der Waals surface area contributed by atoms with Crippen molar-refractivity contribution in [3.63, 3.8) is 0 Å². The summed E-state index contributed by atoms with van der Waals surface area (Å²) in [6, 6.07) is 12.6. The largest absolute Gasteiger partial charge is 0.416 e. The lowest BCUT2D eigenvalue weighted by Gasteiger charge is -2.10. The lowest BCUT2D eigenvalue weighted by atomic mass is 10.0. The van der Waals surface area contributed by atoms with Crippen LogP contribution in [0.5, 0.6) is 0 Å². The van der Waals surface area contributed by atoms with Gasteiger partial charge in [-0.15, -0.1) is 5.10 Å². The molecule has 178 valence electrons. The number of halogens is 5. The SMILES string of the molecule is N#Cc1nn(S(=O)(=O)c2cccc(C(F)(F)F)c2)c2cc(CC(=O)c3c(F)cccc3Cl)ccc12. The normalized spacial score (nSPS) is 12.0. The number of benzene rings is 3. The number of nitriles is 1. The Hall–Kier alpha value is -3.75. The van der Waals surface area contributed by atoms with Gasteiger partial charge in [-0.1, -0.05) is 29.8 Å². The summed E-state index contributed by atoms with van der Waals surface area (Å²) in [4.78, 5) is 12.0. The van der Waals surface area contributed by atoms with Gasteiger partial charge in [0.1, 0.15) is 11.9 Å². The maximum atomic E-state index is 14.1. The summed E-state index contributed by atoms with van der Waals surface area (Å²) < 4.78 is 80.3. The van der Waals surface area contributed by atoms with E-state index in [0.29, 0.717) is 10.2 Å². The van der Waals surface area contributed by atoms with Crippen LogP contribution >= 0.6 is 11.6 Å². The van der Waals surface area contributed by atoms with E-state index >= 15 is 0 Å². The fourth-order valence-corrected chi connectivity index (χ4v) is 5.07. The Bertz CT molecular complexity index is 1620. The van der Waals surface area contributed by atoms with E-state index in [1.807, 2.05) is 0 Å². The van der Waals surface area contributed by atoms with Gasteiger partial charge >= 0.3 is 6.18 Å². The summed E-state index contributed by atoms with van der Waals surface area (Å²) in [6.07, 6.45) is -5.15. The zero-order valence-electron chi connectivity index (χ0n) is 17.3. The number of fused-ring (bicyclic) bond motifs is 1. The van der Waals surface area contributed by atoms with Crippen molar-refractivity contribution in [2.24, 2.45) is 0 Å². The van der Waals surface area contributed by atoms with Crippen molar-refractivity contribution in [2.75, 3.05) is 0 Å². The topological polar surface area (TPSA) is 92.8 Å². The molecule has 4 aromatic rings. The van der Waals surface area contributed by atoms with Crippen molar-refractivity contribution in [1.29, 1.82) is 5.26 Å². The van der Waals surface area contributed by atoms with Gasteiger partial charge in [-0.3, -0.25) is 4.79 Å². The van der Waals surface area contributed by atoms with Crippen LogP contribution in [-0.2, 0) is 22.6 Å². The maximum absolute atomic E-state index is 14.1. The number of hydrogen-bond acceptors (Lipinski definition) is 5. The van der Waals surface area contributed by atoms with Crippen LogP contribution in [0.15, 0.2) is 65.6 Å². The van der Waals surface area contributed by atoms with E-state index in [0.717, 1.165) is 24.3 Å². The molecular weight excluding hydrogens is 510 g/mol. The molecule has 0 atom stereocenters. The van der Waals surface area contributed by atoms with Gasteiger partial charge in [0.25, 0.3) is 10.0 Å². The van der Waals surface area contributed by atoms with E-state index in [-0.39, 0.29) is 39.2 Å². The molecule has 4 rings (SSSR count). The van der Waals surface area contributed by atoms with Gasteiger partial charge in [0, 0.05) is 11.8 Å². The minimum Gasteiger partial charge on any atom is -0.294 e. The zero-order chi connectivity index (χ0) is 25.5. The van der Waals surface area contributed by atoms with Crippen LogP contribution in [0, 0.1) is 17.1 Å². The van der Waals surface area contributed by atoms with Crippen molar-refractivity contribution >= 4 is 38.3 Å². The number of carbonyl (C=O) groups is 1. The smallest absolute Gasteiger partial charge is 0.294 e. The summed E-state index contributed by atoms with van der Waals surface area (Å²) in [5, 5.41) is 13.2. The summed E-state index contributed by atoms with van der Waals surface area (Å²) in [6.45, 7) is 0. The molecule has 6 nitrogen and oxygen atoms in total. The zero-order valence-corrected chi connectivity index (χ0v) is 18.9. The Morgan fingerprint density at radius 2 is 1.80 bits per heavy atom. The Balaban J connectivity index is 1.82. The summed E-state index contributed by atoms with van der Waals surface area (Å²) in [5.41, 5.74) is -1.69. The third-order valence-corrected chi connectivity index (χ3v) is 7.01. The number of rotatable bonds is 5. The quantitative estimate of drug-likeness (QED) is 0.260. The third kappa shape index (κ3) is 4.50. The number of hydrogen-bond donors (Lipinski definition) is 0. The highest BCUT2D eigenvalue weighted by Crippen LogP contribution is 2.32. The van der Waals surface area contributed by atoms with Gasteiger partial charge in [0.2, 0.25) is 0 Å². The average Bonchev–Trinajstić information content (AvgIpc) is 3.17. The lowest BCUT2D eigenvalue weighted by Crippen LogP contribution is -2.16. The Labute approximate surface area is 201 Å². The van der Waals surface area contributed by atoms with Crippen molar-refractivity contribution < 1.29 is 30.8 Å². The predicted octanol–water partition coefficient (Wildman–Crippen LogP) is 5.38. The highest BCUT2D eigenvalue weighted by molar-refractivity contribution is 7.90. The molecule has 3 aromatic carbocycles. The molecular formula is C23H12ClF4N3O3S. The van der Waals surface area contributed by atoms with Crippen molar-refractivity contribution in [1.82, 2.24) is 9.19 Å². The number of Topliss-reactive ketones (excluding diaryl/α,β-unsaturated/α-hetero) is 1. The maximum Gasteiger partial charge on any atom is 0.416 e. The van der Waals surface area contributed by atoms with Crippen LogP contribution in [0.25, 0.3) is 10.9 Å². The number of nitrogens with zero attached hydrogens (tertiary/aromatic N) is 3. The van der Waals surface area contributed by atoms with E-state index in [9.17, 15) is 36.0 Å². The highest BCUT2D eigenvalue weighted by atomic mass is 35.5. The molecule has 0 fully saturated rings. The van der Waals surface area contributed by atoms with Crippen LogP contribution in [0.4, 0.5) is 17.6 Å². The van der Waals surface area contributed by atoms with E-state index < -0.39 is 38.3 Å². The van der Waals surface area contributed by atoms with Crippen LogP contribution in [0.3, 0.4) is 0 Å². The van der Waals surface area contributed by atoms with Gasteiger partial charge in [-0.25, -0.2) is 4.39 Å². The van der Waals surface area contributed by atoms with E-state index in [4.69, 9.17) is 11.6 Å². The standard InChI is InChI=1S/C23H12ClF4N3O3S/c24-17-5-2-6-18(25)22(17)21(32)10-13-7-8-16-19(12-29)30-31(20(16)9-13)35(33,34)15-4-1-3-14(11-15)23(26,27)28/h1-9,11H,10H2. The first-order valence-electron chi connectivity index (χ1n) is 9.75. The van der Waals surface area contributed by atoms with E-state index in [1.165, 1.54) is 30.3 Å². The van der Waals surface area contributed by atoms with Crippen LogP contribution < -0.4 is 0 Å². The van der Waals surface area contributed by atoms with Gasteiger partial charge in [-0.05, 0) is 48.0 Å². The molecule has 0 saturated carbocycles. The highest BCUT2D eigenvalue weighted by Gasteiger charge is 2.32. The summed E-state index contributed by atoms with van der Waals surface area (Å²) in [7, 11) is -4.66. The minimum atomic E-state index is -4.78. The first-order valence-corrected chi connectivity index (χ1v) is 11.6. The van der Waals surface area contributed by atoms with Gasteiger partial charge in [0.15, 0.2) is 11.5 Å². The first-order chi connectivity index (χ1) is 16.4. The third-order valence-electron chi connectivity index (χ3n) is 5.11.